The van der Waals surface area contributed by atoms with Crippen molar-refractivity contribution < 1.29 is 24.2 Å². The van der Waals surface area contributed by atoms with Crippen LogP contribution in [0.4, 0.5) is 10.5 Å². The SMILES string of the molecule is Cn1ncc(NC(=O)OCC2c3ccccc3-c3ccccc32)c1C(=O)NC/C=C/C(=O)O. The summed E-state index contributed by atoms with van der Waals surface area (Å²) in [7, 11) is 1.56. The number of anilines is 1. The van der Waals surface area contributed by atoms with Crippen molar-refractivity contribution in [2.75, 3.05) is 18.5 Å². The van der Waals surface area contributed by atoms with E-state index in [2.05, 4.69) is 27.9 Å². The van der Waals surface area contributed by atoms with Crippen molar-refractivity contribution in [1.29, 1.82) is 0 Å². The molecule has 33 heavy (non-hydrogen) atoms. The zero-order valence-electron chi connectivity index (χ0n) is 17.8. The first kappa shape index (κ1) is 21.8. The molecule has 0 atom stereocenters. The first-order chi connectivity index (χ1) is 16.0. The molecule has 168 valence electrons. The van der Waals surface area contributed by atoms with E-state index in [0.29, 0.717) is 0 Å². The van der Waals surface area contributed by atoms with Gasteiger partial charge in [0.2, 0.25) is 0 Å². The number of rotatable bonds is 7. The number of benzene rings is 2. The van der Waals surface area contributed by atoms with Gasteiger partial charge in [-0.2, -0.15) is 5.10 Å². The van der Waals surface area contributed by atoms with Gasteiger partial charge in [0.15, 0.2) is 0 Å². The molecule has 2 aromatic carbocycles. The predicted octanol–water partition coefficient (Wildman–Crippen LogP) is 3.15. The Morgan fingerprint density at radius 2 is 1.73 bits per heavy atom. The molecular formula is C24H22N4O5. The lowest BCUT2D eigenvalue weighted by atomic mass is 9.98. The van der Waals surface area contributed by atoms with Crippen LogP contribution in [0.1, 0.15) is 27.5 Å². The number of carbonyl (C=O) groups excluding carboxylic acids is 2. The molecule has 0 saturated carbocycles. The molecule has 9 heteroatoms. The molecule has 9 nitrogen and oxygen atoms in total. The number of aliphatic carboxylic acids is 1. The molecule has 3 N–H and O–H groups in total. The first-order valence-electron chi connectivity index (χ1n) is 10.3. The summed E-state index contributed by atoms with van der Waals surface area (Å²) in [5, 5.41) is 17.8. The third-order valence-corrected chi connectivity index (χ3v) is 5.38. The van der Waals surface area contributed by atoms with Crippen molar-refractivity contribution in [1.82, 2.24) is 15.1 Å². The molecule has 0 spiro atoms. The van der Waals surface area contributed by atoms with E-state index in [0.717, 1.165) is 28.3 Å². The van der Waals surface area contributed by atoms with Crippen molar-refractivity contribution in [2.45, 2.75) is 5.92 Å². The lowest BCUT2D eigenvalue weighted by Gasteiger charge is -2.14. The number of carboxylic acids is 1. The number of fused-ring (bicyclic) bond motifs is 3. The molecule has 1 aromatic heterocycles. The molecule has 0 fully saturated rings. The van der Waals surface area contributed by atoms with Gasteiger partial charge in [-0.3, -0.25) is 14.8 Å². The largest absolute Gasteiger partial charge is 0.478 e. The number of nitrogens with zero attached hydrogens (tertiary/aromatic N) is 2. The highest BCUT2D eigenvalue weighted by molar-refractivity contribution is 6.01. The van der Waals surface area contributed by atoms with E-state index in [9.17, 15) is 14.4 Å². The lowest BCUT2D eigenvalue weighted by Crippen LogP contribution is -2.27. The van der Waals surface area contributed by atoms with Crippen molar-refractivity contribution in [2.24, 2.45) is 7.05 Å². The average molecular weight is 446 g/mol. The van der Waals surface area contributed by atoms with Crippen LogP contribution in [0.3, 0.4) is 0 Å². The van der Waals surface area contributed by atoms with Gasteiger partial charge in [-0.15, -0.1) is 0 Å². The smallest absolute Gasteiger partial charge is 0.411 e. The van der Waals surface area contributed by atoms with Crippen LogP contribution in [-0.2, 0) is 16.6 Å². The van der Waals surface area contributed by atoms with Crippen molar-refractivity contribution in [3.8, 4) is 11.1 Å². The minimum atomic E-state index is -1.11. The molecule has 0 radical (unpaired) electrons. The Labute approximate surface area is 189 Å². The Kier molecular flexibility index (Phi) is 6.21. The van der Waals surface area contributed by atoms with Gasteiger partial charge < -0.3 is 15.2 Å². The third-order valence-electron chi connectivity index (χ3n) is 5.38. The number of amides is 2. The van der Waals surface area contributed by atoms with Gasteiger partial charge in [0.05, 0.1) is 11.9 Å². The number of nitrogens with one attached hydrogen (secondary N) is 2. The maximum absolute atomic E-state index is 12.5. The third kappa shape index (κ3) is 4.62. The van der Waals surface area contributed by atoms with Crippen LogP contribution in [0.25, 0.3) is 11.1 Å². The maximum atomic E-state index is 12.5. The Bertz CT molecular complexity index is 1200. The Balaban J connectivity index is 1.41. The van der Waals surface area contributed by atoms with Crippen LogP contribution in [0, 0.1) is 0 Å². The van der Waals surface area contributed by atoms with Gasteiger partial charge in [0, 0.05) is 25.6 Å². The normalized spacial score (nSPS) is 12.3. The van der Waals surface area contributed by atoms with Crippen molar-refractivity contribution in [3.05, 3.63) is 83.7 Å². The highest BCUT2D eigenvalue weighted by atomic mass is 16.5. The van der Waals surface area contributed by atoms with Crippen LogP contribution >= 0.6 is 0 Å². The molecule has 4 rings (SSSR count). The second kappa shape index (κ2) is 9.39. The minimum Gasteiger partial charge on any atom is -0.478 e. The summed E-state index contributed by atoms with van der Waals surface area (Å²) in [5.74, 6) is -1.71. The Hall–Kier alpha value is -4.40. The average Bonchev–Trinajstić information content (AvgIpc) is 3.32. The zero-order chi connectivity index (χ0) is 23.4. The van der Waals surface area contributed by atoms with Crippen LogP contribution in [-0.4, -0.2) is 46.0 Å². The molecule has 0 aliphatic heterocycles. The fraction of sp³-hybridized carbons (Fsp3) is 0.167. The van der Waals surface area contributed by atoms with Gasteiger partial charge in [-0.05, 0) is 22.3 Å². The van der Waals surface area contributed by atoms with Crippen LogP contribution in [0.15, 0.2) is 66.9 Å². The molecule has 0 bridgehead atoms. The number of carboxylic acid groups (broad SMARTS) is 1. The summed E-state index contributed by atoms with van der Waals surface area (Å²) in [4.78, 5) is 35.5. The summed E-state index contributed by atoms with van der Waals surface area (Å²) in [6.07, 6.45) is 2.88. The number of carbonyl (C=O) groups is 3. The highest BCUT2D eigenvalue weighted by Crippen LogP contribution is 2.44. The molecule has 1 heterocycles. The fourth-order valence-electron chi connectivity index (χ4n) is 3.94. The van der Waals surface area contributed by atoms with Crippen molar-refractivity contribution in [3.63, 3.8) is 0 Å². The highest BCUT2D eigenvalue weighted by Gasteiger charge is 2.29. The number of ether oxygens (including phenoxy) is 1. The van der Waals surface area contributed by atoms with E-state index in [-0.39, 0.29) is 30.5 Å². The first-order valence-corrected chi connectivity index (χ1v) is 10.3. The zero-order valence-corrected chi connectivity index (χ0v) is 17.8. The molecule has 1 aliphatic rings. The van der Waals surface area contributed by atoms with E-state index in [4.69, 9.17) is 9.84 Å². The van der Waals surface area contributed by atoms with E-state index < -0.39 is 18.0 Å². The molecular weight excluding hydrogens is 424 g/mol. The van der Waals surface area contributed by atoms with E-state index >= 15 is 0 Å². The van der Waals surface area contributed by atoms with Crippen LogP contribution in [0.5, 0.6) is 0 Å². The van der Waals surface area contributed by atoms with Gasteiger partial charge in [0.1, 0.15) is 12.3 Å². The fourth-order valence-corrected chi connectivity index (χ4v) is 3.94. The van der Waals surface area contributed by atoms with Gasteiger partial charge >= 0.3 is 12.1 Å². The number of aromatic nitrogens is 2. The van der Waals surface area contributed by atoms with E-state index in [1.165, 1.54) is 17.0 Å². The van der Waals surface area contributed by atoms with Crippen molar-refractivity contribution >= 4 is 23.7 Å². The second-order valence-electron chi connectivity index (χ2n) is 7.43. The van der Waals surface area contributed by atoms with Gasteiger partial charge in [-0.1, -0.05) is 54.6 Å². The monoisotopic (exact) mass is 446 g/mol. The standard InChI is InChI=1S/C24H22N4O5/c1-28-22(23(31)25-12-6-11-21(29)30)20(13-26-28)27-24(32)33-14-19-17-9-4-2-7-15(17)16-8-3-5-10-18(16)19/h2-11,13,19H,12,14H2,1H3,(H,25,31)(H,27,32)(H,29,30)/b11-6+. The Morgan fingerprint density at radius 1 is 1.09 bits per heavy atom. The summed E-state index contributed by atoms with van der Waals surface area (Å²) < 4.78 is 6.83. The predicted molar refractivity (Wildman–Crippen MR) is 121 cm³/mol. The van der Waals surface area contributed by atoms with Gasteiger partial charge in [-0.25, -0.2) is 9.59 Å². The number of hydrogen-bond acceptors (Lipinski definition) is 5. The minimum absolute atomic E-state index is 0.0146. The molecule has 0 unspecified atom stereocenters. The number of aryl methyl sites for hydroxylation is 1. The second-order valence-corrected chi connectivity index (χ2v) is 7.43. The summed E-state index contributed by atoms with van der Waals surface area (Å²) in [6.45, 7) is 0.155. The maximum Gasteiger partial charge on any atom is 0.411 e. The summed E-state index contributed by atoms with van der Waals surface area (Å²) in [5.41, 5.74) is 4.77. The molecule has 3 aromatic rings. The van der Waals surface area contributed by atoms with Crippen LogP contribution < -0.4 is 10.6 Å². The van der Waals surface area contributed by atoms with Gasteiger partial charge in [0.25, 0.3) is 5.91 Å². The number of hydrogen-bond donors (Lipinski definition) is 3. The van der Waals surface area contributed by atoms with Crippen LogP contribution in [0.2, 0.25) is 0 Å². The molecule has 2 amide bonds. The van der Waals surface area contributed by atoms with E-state index in [1.807, 2.05) is 36.4 Å². The molecule has 0 saturated heterocycles. The summed E-state index contributed by atoms with van der Waals surface area (Å²) >= 11 is 0. The quantitative estimate of drug-likeness (QED) is 0.479. The summed E-state index contributed by atoms with van der Waals surface area (Å²) in [6, 6.07) is 16.1. The topological polar surface area (TPSA) is 123 Å². The van der Waals surface area contributed by atoms with E-state index in [1.54, 1.807) is 7.05 Å². The lowest BCUT2D eigenvalue weighted by molar-refractivity contribution is -0.131. The Morgan fingerprint density at radius 3 is 2.36 bits per heavy atom. The molecule has 1 aliphatic carbocycles.